The van der Waals surface area contributed by atoms with E-state index >= 15 is 0 Å². The van der Waals surface area contributed by atoms with E-state index < -0.39 is 0 Å². The first-order valence-electron chi connectivity index (χ1n) is 8.55. The van der Waals surface area contributed by atoms with Crippen molar-refractivity contribution in [1.29, 1.82) is 0 Å². The molecule has 0 radical (unpaired) electrons. The number of carbonyl (C=O) groups is 1. The molecule has 4 aliphatic rings. The fourth-order valence-electron chi connectivity index (χ4n) is 5.56. The molecule has 0 aromatic carbocycles. The molecule has 4 bridgehead atoms. The van der Waals surface area contributed by atoms with Crippen LogP contribution < -0.4 is 5.32 Å². The van der Waals surface area contributed by atoms with Crippen LogP contribution in [0.15, 0.2) is 16.9 Å². The first-order valence-corrected chi connectivity index (χ1v) is 9.34. The molecule has 0 spiro atoms. The molecule has 0 saturated heterocycles. The number of carbonyl (C=O) groups excluding carboxylic acids is 1. The fourth-order valence-corrected chi connectivity index (χ4v) is 5.89. The van der Waals surface area contributed by atoms with Crippen LogP contribution in [0.1, 0.15) is 44.9 Å². The van der Waals surface area contributed by atoms with Crippen molar-refractivity contribution in [1.82, 2.24) is 15.1 Å². The van der Waals surface area contributed by atoms with Crippen LogP contribution in [-0.4, -0.2) is 22.2 Å². The number of hydrogen-bond donors (Lipinski definition) is 1. The minimum absolute atomic E-state index is 0.169. The lowest BCUT2D eigenvalue weighted by Crippen LogP contribution is -2.51. The van der Waals surface area contributed by atoms with Gasteiger partial charge in [-0.1, -0.05) is 0 Å². The molecule has 1 amide bonds. The van der Waals surface area contributed by atoms with Gasteiger partial charge in [-0.05, 0) is 77.6 Å². The monoisotopic (exact) mass is 365 g/mol. The topological polar surface area (TPSA) is 46.9 Å². The molecule has 1 N–H and O–H groups in total. The van der Waals surface area contributed by atoms with Crippen LogP contribution in [0.25, 0.3) is 0 Å². The molecule has 4 fully saturated rings. The first-order chi connectivity index (χ1) is 10.6. The van der Waals surface area contributed by atoms with Crippen molar-refractivity contribution in [3.8, 4) is 0 Å². The van der Waals surface area contributed by atoms with E-state index in [2.05, 4.69) is 26.3 Å². The summed E-state index contributed by atoms with van der Waals surface area (Å²) >= 11 is 3.38. The van der Waals surface area contributed by atoms with Gasteiger partial charge in [0.1, 0.15) is 0 Å². The molecule has 0 aliphatic heterocycles. The Bertz CT molecular complexity index is 533. The van der Waals surface area contributed by atoms with Crippen molar-refractivity contribution in [3.63, 3.8) is 0 Å². The standard InChI is InChI=1S/C17H24BrN3O/c18-15-9-20-21(10-15)2-1-16(22)19-11-17-6-12-3-13(7-17)5-14(4-12)8-17/h9-10,12-14H,1-8,11H2,(H,19,22). The highest BCUT2D eigenvalue weighted by Crippen LogP contribution is 2.59. The Balaban J connectivity index is 1.28. The average molecular weight is 366 g/mol. The van der Waals surface area contributed by atoms with E-state index in [0.29, 0.717) is 18.4 Å². The maximum absolute atomic E-state index is 12.2. The minimum Gasteiger partial charge on any atom is -0.355 e. The number of hydrogen-bond acceptors (Lipinski definition) is 2. The third kappa shape index (κ3) is 2.97. The lowest BCUT2D eigenvalue weighted by atomic mass is 9.49. The molecule has 1 aromatic heterocycles. The van der Waals surface area contributed by atoms with Crippen LogP contribution in [0.2, 0.25) is 0 Å². The normalized spacial score (nSPS) is 35.8. The van der Waals surface area contributed by atoms with E-state index in [1.54, 1.807) is 6.20 Å². The van der Waals surface area contributed by atoms with Gasteiger partial charge in [0.25, 0.3) is 0 Å². The van der Waals surface area contributed by atoms with E-state index in [4.69, 9.17) is 0 Å². The second-order valence-electron chi connectivity index (χ2n) is 7.87. The molecule has 5 heteroatoms. The summed E-state index contributed by atoms with van der Waals surface area (Å²) in [6, 6.07) is 0. The third-order valence-corrected chi connectivity index (χ3v) is 6.40. The highest BCUT2D eigenvalue weighted by molar-refractivity contribution is 9.10. The van der Waals surface area contributed by atoms with Gasteiger partial charge in [0.15, 0.2) is 0 Å². The zero-order valence-corrected chi connectivity index (χ0v) is 14.5. The molecule has 22 heavy (non-hydrogen) atoms. The van der Waals surface area contributed by atoms with Gasteiger partial charge in [0, 0.05) is 25.7 Å². The smallest absolute Gasteiger partial charge is 0.221 e. The molecule has 4 aliphatic carbocycles. The van der Waals surface area contributed by atoms with Gasteiger partial charge >= 0.3 is 0 Å². The second kappa shape index (κ2) is 5.66. The summed E-state index contributed by atoms with van der Waals surface area (Å²) in [6.45, 7) is 1.55. The summed E-state index contributed by atoms with van der Waals surface area (Å²) in [6.07, 6.45) is 12.6. The van der Waals surface area contributed by atoms with Crippen molar-refractivity contribution >= 4 is 21.8 Å². The molecule has 0 atom stereocenters. The van der Waals surface area contributed by atoms with Gasteiger partial charge in [-0.15, -0.1) is 0 Å². The Kier molecular flexibility index (Phi) is 3.79. The van der Waals surface area contributed by atoms with Crippen molar-refractivity contribution in [2.45, 2.75) is 51.5 Å². The Morgan fingerprint density at radius 3 is 2.45 bits per heavy atom. The number of aromatic nitrogens is 2. The zero-order valence-electron chi connectivity index (χ0n) is 12.9. The van der Waals surface area contributed by atoms with Crippen LogP contribution in [0.3, 0.4) is 0 Å². The average Bonchev–Trinajstić information content (AvgIpc) is 2.87. The number of nitrogens with zero attached hydrogens (tertiary/aromatic N) is 2. The first kappa shape index (κ1) is 14.7. The molecule has 0 unspecified atom stereocenters. The molecular weight excluding hydrogens is 342 g/mol. The quantitative estimate of drug-likeness (QED) is 0.869. The van der Waals surface area contributed by atoms with Gasteiger partial charge < -0.3 is 5.32 Å². The van der Waals surface area contributed by atoms with Crippen LogP contribution in [0, 0.1) is 23.2 Å². The SMILES string of the molecule is O=C(CCn1cc(Br)cn1)NCC12CC3CC(CC(C3)C1)C2. The van der Waals surface area contributed by atoms with E-state index in [1.807, 2.05) is 10.9 Å². The number of nitrogens with one attached hydrogen (secondary N) is 1. The molecule has 1 aromatic rings. The van der Waals surface area contributed by atoms with E-state index in [1.165, 1.54) is 38.5 Å². The summed E-state index contributed by atoms with van der Waals surface area (Å²) < 4.78 is 2.77. The largest absolute Gasteiger partial charge is 0.355 e. The Morgan fingerprint density at radius 2 is 1.91 bits per heavy atom. The zero-order chi connectivity index (χ0) is 15.2. The van der Waals surface area contributed by atoms with Gasteiger partial charge in [0.05, 0.1) is 10.7 Å². The molecular formula is C17H24BrN3O. The van der Waals surface area contributed by atoms with Crippen LogP contribution in [0.4, 0.5) is 0 Å². The van der Waals surface area contributed by atoms with Gasteiger partial charge in [-0.25, -0.2) is 0 Å². The maximum atomic E-state index is 12.2. The predicted molar refractivity (Wildman–Crippen MR) is 88.2 cm³/mol. The van der Waals surface area contributed by atoms with Crippen LogP contribution in [0.5, 0.6) is 0 Å². The van der Waals surface area contributed by atoms with Crippen molar-refractivity contribution in [3.05, 3.63) is 16.9 Å². The minimum atomic E-state index is 0.169. The lowest BCUT2D eigenvalue weighted by Gasteiger charge is -2.56. The number of halogens is 1. The Hall–Kier alpha value is -0.840. The predicted octanol–water partition coefficient (Wildman–Crippen LogP) is 3.37. The third-order valence-electron chi connectivity index (χ3n) is 6.00. The van der Waals surface area contributed by atoms with Crippen molar-refractivity contribution in [2.24, 2.45) is 23.2 Å². The molecule has 4 saturated carbocycles. The van der Waals surface area contributed by atoms with Crippen LogP contribution >= 0.6 is 15.9 Å². The summed E-state index contributed by atoms with van der Waals surface area (Å²) in [5.74, 6) is 3.01. The van der Waals surface area contributed by atoms with Crippen molar-refractivity contribution < 1.29 is 4.79 Å². The summed E-state index contributed by atoms with van der Waals surface area (Å²) in [5, 5.41) is 7.42. The fraction of sp³-hybridized carbons (Fsp3) is 0.765. The highest BCUT2D eigenvalue weighted by atomic mass is 79.9. The summed E-state index contributed by atoms with van der Waals surface area (Å²) in [5.41, 5.74) is 0.430. The molecule has 1 heterocycles. The Morgan fingerprint density at radius 1 is 1.27 bits per heavy atom. The summed E-state index contributed by atoms with van der Waals surface area (Å²) in [4.78, 5) is 12.2. The van der Waals surface area contributed by atoms with E-state index in [9.17, 15) is 4.79 Å². The number of rotatable bonds is 5. The van der Waals surface area contributed by atoms with Gasteiger partial charge in [0.2, 0.25) is 5.91 Å². The lowest BCUT2D eigenvalue weighted by molar-refractivity contribution is -0.123. The van der Waals surface area contributed by atoms with E-state index in [0.717, 1.165) is 28.8 Å². The summed E-state index contributed by atoms with van der Waals surface area (Å²) in [7, 11) is 0. The molecule has 120 valence electrons. The maximum Gasteiger partial charge on any atom is 0.221 e. The van der Waals surface area contributed by atoms with E-state index in [-0.39, 0.29) is 5.91 Å². The van der Waals surface area contributed by atoms with Crippen molar-refractivity contribution in [2.75, 3.05) is 6.54 Å². The molecule has 5 rings (SSSR count). The molecule has 4 nitrogen and oxygen atoms in total. The highest BCUT2D eigenvalue weighted by Gasteiger charge is 2.50. The Labute approximate surface area is 140 Å². The second-order valence-corrected chi connectivity index (χ2v) is 8.78. The number of amides is 1. The van der Waals surface area contributed by atoms with Crippen LogP contribution in [-0.2, 0) is 11.3 Å². The number of aryl methyl sites for hydroxylation is 1. The van der Waals surface area contributed by atoms with Gasteiger partial charge in [-0.3, -0.25) is 9.48 Å². The van der Waals surface area contributed by atoms with Gasteiger partial charge in [-0.2, -0.15) is 5.10 Å².